The van der Waals surface area contributed by atoms with Gasteiger partial charge in [0.2, 0.25) is 0 Å². The zero-order valence-corrected chi connectivity index (χ0v) is 12.7. The third-order valence-corrected chi connectivity index (χ3v) is 3.38. The quantitative estimate of drug-likeness (QED) is 0.593. The van der Waals surface area contributed by atoms with Crippen LogP contribution in [-0.4, -0.2) is 9.97 Å². The number of halogens is 2. The van der Waals surface area contributed by atoms with Crippen molar-refractivity contribution in [1.29, 1.82) is 0 Å². The summed E-state index contributed by atoms with van der Waals surface area (Å²) in [5, 5.41) is 4.29. The van der Waals surface area contributed by atoms with Gasteiger partial charge in [-0.05, 0) is 25.1 Å². The number of benzene rings is 1. The van der Waals surface area contributed by atoms with Gasteiger partial charge in [0.1, 0.15) is 17.5 Å². The van der Waals surface area contributed by atoms with Crippen LogP contribution in [0.25, 0.3) is 0 Å². The van der Waals surface area contributed by atoms with E-state index in [4.69, 9.17) is 29.0 Å². The summed E-state index contributed by atoms with van der Waals surface area (Å²) in [5.41, 5.74) is 4.12. The molecule has 0 bridgehead atoms. The Morgan fingerprint density at radius 2 is 1.90 bits per heavy atom. The lowest BCUT2D eigenvalue weighted by Crippen LogP contribution is -2.14. The fourth-order valence-corrected chi connectivity index (χ4v) is 2.16. The molecule has 1 aromatic carbocycles. The molecule has 0 radical (unpaired) electrons. The lowest BCUT2D eigenvalue weighted by molar-refractivity contribution is 0.932. The van der Waals surface area contributed by atoms with Crippen molar-refractivity contribution in [3.63, 3.8) is 0 Å². The minimum absolute atomic E-state index is 0.524. The number of nitrogens with zero attached hydrogens (tertiary/aromatic N) is 2. The standard InChI is InChI=1S/C13H15Cl2N5/c1-3-11-18-12(7(2)13(19-11)20-16)17-10-5-4-8(14)6-9(10)15/h4-6H,3,16H2,1-2H3,(H2,17,18,19,20). The van der Waals surface area contributed by atoms with E-state index in [2.05, 4.69) is 20.7 Å². The Bertz CT molecular complexity index is 630. The molecule has 20 heavy (non-hydrogen) atoms. The van der Waals surface area contributed by atoms with Crippen LogP contribution in [0.4, 0.5) is 17.3 Å². The van der Waals surface area contributed by atoms with Crippen LogP contribution < -0.4 is 16.6 Å². The number of hydrogen-bond acceptors (Lipinski definition) is 5. The molecule has 2 rings (SSSR count). The van der Waals surface area contributed by atoms with Crippen molar-refractivity contribution in [3.8, 4) is 0 Å². The molecule has 0 spiro atoms. The second kappa shape index (κ2) is 6.26. The van der Waals surface area contributed by atoms with Gasteiger partial charge >= 0.3 is 0 Å². The van der Waals surface area contributed by atoms with Crippen LogP contribution in [0.2, 0.25) is 10.0 Å². The fourth-order valence-electron chi connectivity index (χ4n) is 1.70. The fraction of sp³-hybridized carbons (Fsp3) is 0.231. The predicted octanol–water partition coefficient (Wildman–Crippen LogP) is 3.68. The molecule has 0 saturated heterocycles. The van der Waals surface area contributed by atoms with E-state index < -0.39 is 0 Å². The molecule has 0 aliphatic carbocycles. The van der Waals surface area contributed by atoms with Crippen LogP contribution in [0.15, 0.2) is 18.2 Å². The molecule has 106 valence electrons. The zero-order chi connectivity index (χ0) is 14.7. The van der Waals surface area contributed by atoms with Crippen LogP contribution >= 0.6 is 23.2 Å². The van der Waals surface area contributed by atoms with Crippen molar-refractivity contribution in [3.05, 3.63) is 39.6 Å². The normalized spacial score (nSPS) is 10.4. The van der Waals surface area contributed by atoms with Crippen LogP contribution in [-0.2, 0) is 6.42 Å². The second-order valence-corrected chi connectivity index (χ2v) is 5.05. The number of hydrogen-bond donors (Lipinski definition) is 3. The lowest BCUT2D eigenvalue weighted by atomic mass is 10.2. The zero-order valence-electron chi connectivity index (χ0n) is 11.2. The summed E-state index contributed by atoms with van der Waals surface area (Å²) in [6.45, 7) is 3.85. The van der Waals surface area contributed by atoms with E-state index in [0.29, 0.717) is 33.9 Å². The van der Waals surface area contributed by atoms with Gasteiger partial charge < -0.3 is 10.7 Å². The molecule has 0 fully saturated rings. The Balaban J connectivity index is 2.42. The number of aryl methyl sites for hydroxylation is 1. The maximum Gasteiger partial charge on any atom is 0.148 e. The van der Waals surface area contributed by atoms with E-state index in [-0.39, 0.29) is 0 Å². The number of nitrogens with two attached hydrogens (primary N) is 1. The largest absolute Gasteiger partial charge is 0.339 e. The molecular formula is C13H15Cl2N5. The third kappa shape index (κ3) is 3.12. The summed E-state index contributed by atoms with van der Waals surface area (Å²) in [4.78, 5) is 8.76. The topological polar surface area (TPSA) is 75.9 Å². The first-order valence-corrected chi connectivity index (χ1v) is 6.87. The summed E-state index contributed by atoms with van der Waals surface area (Å²) < 4.78 is 0. The van der Waals surface area contributed by atoms with Gasteiger partial charge in [0.05, 0.1) is 10.7 Å². The van der Waals surface area contributed by atoms with Crippen LogP contribution in [0.5, 0.6) is 0 Å². The highest BCUT2D eigenvalue weighted by Gasteiger charge is 2.11. The molecule has 1 heterocycles. The van der Waals surface area contributed by atoms with E-state index in [9.17, 15) is 0 Å². The van der Waals surface area contributed by atoms with Crippen LogP contribution in [0.3, 0.4) is 0 Å². The van der Waals surface area contributed by atoms with E-state index in [1.807, 2.05) is 13.8 Å². The first-order chi connectivity index (χ1) is 9.55. The molecule has 0 aliphatic heterocycles. The first kappa shape index (κ1) is 14.8. The number of hydrazine groups is 1. The van der Waals surface area contributed by atoms with Crippen molar-refractivity contribution in [2.75, 3.05) is 10.7 Å². The molecule has 2 aromatic rings. The van der Waals surface area contributed by atoms with Gasteiger partial charge in [-0.15, -0.1) is 0 Å². The molecular weight excluding hydrogens is 297 g/mol. The van der Waals surface area contributed by atoms with E-state index >= 15 is 0 Å². The molecule has 0 unspecified atom stereocenters. The maximum atomic E-state index is 6.15. The van der Waals surface area contributed by atoms with E-state index in [1.165, 1.54) is 0 Å². The second-order valence-electron chi connectivity index (χ2n) is 4.21. The van der Waals surface area contributed by atoms with Gasteiger partial charge in [-0.3, -0.25) is 0 Å². The molecule has 0 aliphatic rings. The Labute approximate surface area is 127 Å². The SMILES string of the molecule is CCc1nc(NN)c(C)c(Nc2ccc(Cl)cc2Cl)n1. The van der Waals surface area contributed by atoms with E-state index in [0.717, 1.165) is 11.3 Å². The molecule has 0 atom stereocenters. The molecule has 0 saturated carbocycles. The van der Waals surface area contributed by atoms with Gasteiger partial charge in [0.25, 0.3) is 0 Å². The highest BCUT2D eigenvalue weighted by Crippen LogP contribution is 2.30. The average molecular weight is 312 g/mol. The smallest absolute Gasteiger partial charge is 0.148 e. The lowest BCUT2D eigenvalue weighted by Gasteiger charge is -2.14. The predicted molar refractivity (Wildman–Crippen MR) is 83.7 cm³/mol. The number of nitrogen functional groups attached to an aromatic ring is 1. The summed E-state index contributed by atoms with van der Waals surface area (Å²) in [7, 11) is 0. The number of rotatable bonds is 4. The number of anilines is 3. The molecule has 4 N–H and O–H groups in total. The minimum Gasteiger partial charge on any atom is -0.339 e. The van der Waals surface area contributed by atoms with Crippen molar-refractivity contribution in [1.82, 2.24) is 9.97 Å². The van der Waals surface area contributed by atoms with Crippen molar-refractivity contribution >= 4 is 40.5 Å². The highest BCUT2D eigenvalue weighted by atomic mass is 35.5. The Morgan fingerprint density at radius 3 is 2.50 bits per heavy atom. The molecule has 0 amide bonds. The third-order valence-electron chi connectivity index (χ3n) is 2.83. The summed E-state index contributed by atoms with van der Waals surface area (Å²) in [6.07, 6.45) is 0.706. The number of aromatic nitrogens is 2. The first-order valence-electron chi connectivity index (χ1n) is 6.11. The van der Waals surface area contributed by atoms with Gasteiger partial charge in [-0.2, -0.15) is 0 Å². The molecule has 7 heteroatoms. The average Bonchev–Trinajstić information content (AvgIpc) is 2.43. The van der Waals surface area contributed by atoms with Gasteiger partial charge in [0.15, 0.2) is 0 Å². The molecule has 5 nitrogen and oxygen atoms in total. The monoisotopic (exact) mass is 311 g/mol. The summed E-state index contributed by atoms with van der Waals surface area (Å²) in [5.74, 6) is 7.41. The number of nitrogens with one attached hydrogen (secondary N) is 2. The summed E-state index contributed by atoms with van der Waals surface area (Å²) in [6, 6.07) is 5.23. The Hall–Kier alpha value is -1.56. The van der Waals surface area contributed by atoms with E-state index in [1.54, 1.807) is 18.2 Å². The van der Waals surface area contributed by atoms with Crippen LogP contribution in [0.1, 0.15) is 18.3 Å². The minimum atomic E-state index is 0.524. The maximum absolute atomic E-state index is 6.15. The Kier molecular flexibility index (Phi) is 4.65. The highest BCUT2D eigenvalue weighted by molar-refractivity contribution is 6.36. The van der Waals surface area contributed by atoms with Crippen LogP contribution in [0, 0.1) is 6.92 Å². The molecule has 1 aromatic heterocycles. The van der Waals surface area contributed by atoms with Gasteiger partial charge in [0, 0.05) is 17.0 Å². The van der Waals surface area contributed by atoms with Gasteiger partial charge in [-0.1, -0.05) is 30.1 Å². The van der Waals surface area contributed by atoms with Crippen molar-refractivity contribution < 1.29 is 0 Å². The van der Waals surface area contributed by atoms with Crippen molar-refractivity contribution in [2.45, 2.75) is 20.3 Å². The Morgan fingerprint density at radius 1 is 1.20 bits per heavy atom. The van der Waals surface area contributed by atoms with Gasteiger partial charge in [-0.25, -0.2) is 15.8 Å². The van der Waals surface area contributed by atoms with Crippen molar-refractivity contribution in [2.24, 2.45) is 5.84 Å². The summed E-state index contributed by atoms with van der Waals surface area (Å²) >= 11 is 12.0.